The molecule has 19 heavy (non-hydrogen) atoms. The Kier molecular flexibility index (Phi) is 5.67. The van der Waals surface area contributed by atoms with Crippen molar-refractivity contribution in [3.8, 4) is 5.75 Å². The Morgan fingerprint density at radius 3 is 2.95 bits per heavy atom. The van der Waals surface area contributed by atoms with Gasteiger partial charge in [0.15, 0.2) is 0 Å². The van der Waals surface area contributed by atoms with E-state index in [1.54, 1.807) is 0 Å². The van der Waals surface area contributed by atoms with Crippen LogP contribution in [0.2, 0.25) is 0 Å². The van der Waals surface area contributed by atoms with E-state index in [2.05, 4.69) is 31.3 Å². The Morgan fingerprint density at radius 1 is 1.37 bits per heavy atom. The molecule has 106 valence electrons. The fourth-order valence-electron chi connectivity index (χ4n) is 2.24. The molecule has 1 heterocycles. The highest BCUT2D eigenvalue weighted by atomic mass is 16.5. The summed E-state index contributed by atoms with van der Waals surface area (Å²) < 4.78 is 11.5. The van der Waals surface area contributed by atoms with Gasteiger partial charge in [-0.15, -0.1) is 0 Å². The smallest absolute Gasteiger partial charge is 0.123 e. The first kappa shape index (κ1) is 14.4. The van der Waals surface area contributed by atoms with Gasteiger partial charge < -0.3 is 14.8 Å². The molecule has 1 aliphatic rings. The van der Waals surface area contributed by atoms with E-state index in [0.717, 1.165) is 38.3 Å². The molecule has 0 aromatic heterocycles. The van der Waals surface area contributed by atoms with Crippen LogP contribution in [0.5, 0.6) is 5.75 Å². The molecular weight excluding hydrogens is 238 g/mol. The van der Waals surface area contributed by atoms with Gasteiger partial charge in [-0.1, -0.05) is 32.0 Å². The lowest BCUT2D eigenvalue weighted by Gasteiger charge is -2.15. The second kappa shape index (κ2) is 7.51. The van der Waals surface area contributed by atoms with Crippen molar-refractivity contribution in [2.75, 3.05) is 19.8 Å². The zero-order valence-electron chi connectivity index (χ0n) is 12.0. The van der Waals surface area contributed by atoms with Crippen molar-refractivity contribution in [3.63, 3.8) is 0 Å². The SMILES string of the molecule is CC(C)CNCc1ccccc1OCC1CCCO1. The van der Waals surface area contributed by atoms with E-state index in [1.165, 1.54) is 5.56 Å². The predicted molar refractivity (Wildman–Crippen MR) is 77.5 cm³/mol. The van der Waals surface area contributed by atoms with Gasteiger partial charge in [0.25, 0.3) is 0 Å². The van der Waals surface area contributed by atoms with Crippen molar-refractivity contribution < 1.29 is 9.47 Å². The van der Waals surface area contributed by atoms with Gasteiger partial charge in [-0.2, -0.15) is 0 Å². The number of hydrogen-bond donors (Lipinski definition) is 1. The van der Waals surface area contributed by atoms with Crippen LogP contribution in [0, 0.1) is 5.92 Å². The van der Waals surface area contributed by atoms with Crippen LogP contribution < -0.4 is 10.1 Å². The first-order chi connectivity index (χ1) is 9.25. The van der Waals surface area contributed by atoms with Crippen LogP contribution >= 0.6 is 0 Å². The van der Waals surface area contributed by atoms with Gasteiger partial charge in [-0.3, -0.25) is 0 Å². The molecule has 0 amide bonds. The van der Waals surface area contributed by atoms with Crippen LogP contribution in [0.3, 0.4) is 0 Å². The summed E-state index contributed by atoms with van der Waals surface area (Å²) in [5.41, 5.74) is 1.22. The molecule has 1 aromatic rings. The third kappa shape index (κ3) is 4.84. The minimum absolute atomic E-state index is 0.275. The zero-order chi connectivity index (χ0) is 13.5. The summed E-state index contributed by atoms with van der Waals surface area (Å²) in [7, 11) is 0. The van der Waals surface area contributed by atoms with Gasteiger partial charge in [0.1, 0.15) is 12.4 Å². The highest BCUT2D eigenvalue weighted by Gasteiger charge is 2.16. The largest absolute Gasteiger partial charge is 0.491 e. The average molecular weight is 263 g/mol. The van der Waals surface area contributed by atoms with Gasteiger partial charge >= 0.3 is 0 Å². The Bertz CT molecular complexity index is 373. The maximum Gasteiger partial charge on any atom is 0.123 e. The standard InChI is InChI=1S/C16H25NO2/c1-13(2)10-17-11-14-6-3-4-8-16(14)19-12-15-7-5-9-18-15/h3-4,6,8,13,15,17H,5,7,9-12H2,1-2H3. The molecule has 1 N–H and O–H groups in total. The molecule has 0 bridgehead atoms. The predicted octanol–water partition coefficient (Wildman–Crippen LogP) is 2.99. The maximum absolute atomic E-state index is 5.91. The monoisotopic (exact) mass is 263 g/mol. The lowest BCUT2D eigenvalue weighted by atomic mass is 10.1. The number of rotatable bonds is 7. The molecular formula is C16H25NO2. The van der Waals surface area contributed by atoms with E-state index in [0.29, 0.717) is 12.5 Å². The van der Waals surface area contributed by atoms with Crippen molar-refractivity contribution >= 4 is 0 Å². The van der Waals surface area contributed by atoms with Gasteiger partial charge in [0, 0.05) is 18.7 Å². The number of nitrogens with one attached hydrogen (secondary N) is 1. The summed E-state index contributed by atoms with van der Waals surface area (Å²) >= 11 is 0. The fraction of sp³-hybridized carbons (Fsp3) is 0.625. The Balaban J connectivity index is 1.84. The zero-order valence-corrected chi connectivity index (χ0v) is 12.0. The molecule has 1 aromatic carbocycles. The lowest BCUT2D eigenvalue weighted by molar-refractivity contribution is 0.0676. The second-order valence-electron chi connectivity index (χ2n) is 5.58. The quantitative estimate of drug-likeness (QED) is 0.820. The lowest BCUT2D eigenvalue weighted by Crippen LogP contribution is -2.20. The molecule has 1 fully saturated rings. The molecule has 3 heteroatoms. The molecule has 1 aliphatic heterocycles. The van der Waals surface area contributed by atoms with Gasteiger partial charge in [-0.05, 0) is 31.4 Å². The van der Waals surface area contributed by atoms with Gasteiger partial charge in [-0.25, -0.2) is 0 Å². The molecule has 1 atom stereocenters. The number of benzene rings is 1. The summed E-state index contributed by atoms with van der Waals surface area (Å²) in [6.45, 7) is 7.87. The summed E-state index contributed by atoms with van der Waals surface area (Å²) in [4.78, 5) is 0. The van der Waals surface area contributed by atoms with Gasteiger partial charge in [0.05, 0.1) is 6.10 Å². The molecule has 0 aliphatic carbocycles. The highest BCUT2D eigenvalue weighted by Crippen LogP contribution is 2.20. The van der Waals surface area contributed by atoms with Crippen molar-refractivity contribution in [2.24, 2.45) is 5.92 Å². The molecule has 0 radical (unpaired) electrons. The van der Waals surface area contributed by atoms with Crippen molar-refractivity contribution in [1.82, 2.24) is 5.32 Å². The first-order valence-corrected chi connectivity index (χ1v) is 7.28. The summed E-state index contributed by atoms with van der Waals surface area (Å²) in [5, 5.41) is 3.46. The highest BCUT2D eigenvalue weighted by molar-refractivity contribution is 5.33. The summed E-state index contributed by atoms with van der Waals surface area (Å²) in [5.74, 6) is 1.65. The number of ether oxygens (including phenoxy) is 2. The Morgan fingerprint density at radius 2 is 2.21 bits per heavy atom. The molecule has 3 nitrogen and oxygen atoms in total. The van der Waals surface area contributed by atoms with Crippen LogP contribution in [0.25, 0.3) is 0 Å². The maximum atomic E-state index is 5.91. The van der Waals surface area contributed by atoms with Crippen LogP contribution in [0.15, 0.2) is 24.3 Å². The van der Waals surface area contributed by atoms with E-state index in [-0.39, 0.29) is 6.10 Å². The van der Waals surface area contributed by atoms with E-state index < -0.39 is 0 Å². The Labute approximate surface area is 116 Å². The van der Waals surface area contributed by atoms with Gasteiger partial charge in [0.2, 0.25) is 0 Å². The number of para-hydroxylation sites is 1. The molecule has 2 rings (SSSR count). The summed E-state index contributed by atoms with van der Waals surface area (Å²) in [6, 6.07) is 8.25. The average Bonchev–Trinajstić information content (AvgIpc) is 2.90. The van der Waals surface area contributed by atoms with E-state index >= 15 is 0 Å². The minimum Gasteiger partial charge on any atom is -0.491 e. The molecule has 0 spiro atoms. The first-order valence-electron chi connectivity index (χ1n) is 7.28. The van der Waals surface area contributed by atoms with E-state index in [4.69, 9.17) is 9.47 Å². The van der Waals surface area contributed by atoms with Crippen LogP contribution in [-0.4, -0.2) is 25.9 Å². The molecule has 1 unspecified atom stereocenters. The van der Waals surface area contributed by atoms with Crippen LogP contribution in [0.1, 0.15) is 32.3 Å². The molecule has 1 saturated heterocycles. The van der Waals surface area contributed by atoms with E-state index in [1.807, 2.05) is 12.1 Å². The summed E-state index contributed by atoms with van der Waals surface area (Å²) in [6.07, 6.45) is 2.55. The topological polar surface area (TPSA) is 30.5 Å². The van der Waals surface area contributed by atoms with Crippen LogP contribution in [-0.2, 0) is 11.3 Å². The van der Waals surface area contributed by atoms with E-state index in [9.17, 15) is 0 Å². The molecule has 0 saturated carbocycles. The second-order valence-corrected chi connectivity index (χ2v) is 5.58. The fourth-order valence-corrected chi connectivity index (χ4v) is 2.24. The minimum atomic E-state index is 0.275. The Hall–Kier alpha value is -1.06. The third-order valence-corrected chi connectivity index (χ3v) is 3.29. The normalized spacial score (nSPS) is 19.0. The van der Waals surface area contributed by atoms with Crippen LogP contribution in [0.4, 0.5) is 0 Å². The number of hydrogen-bond acceptors (Lipinski definition) is 3. The van der Waals surface area contributed by atoms with Crippen molar-refractivity contribution in [3.05, 3.63) is 29.8 Å². The van der Waals surface area contributed by atoms with Crippen molar-refractivity contribution in [1.29, 1.82) is 0 Å². The third-order valence-electron chi connectivity index (χ3n) is 3.29. The van der Waals surface area contributed by atoms with Crippen molar-refractivity contribution in [2.45, 2.75) is 39.3 Å².